The molecule has 0 aliphatic carbocycles. The molecule has 2 unspecified atom stereocenters. The predicted octanol–water partition coefficient (Wildman–Crippen LogP) is 1.11. The molecule has 82 valence electrons. The molecule has 0 radical (unpaired) electrons. The average molecular weight is 228 g/mol. The van der Waals surface area contributed by atoms with Gasteiger partial charge in [0.2, 0.25) is 5.91 Å². The molecule has 1 aromatic rings. The lowest BCUT2D eigenvalue weighted by atomic mass is 10.3. The molecule has 1 fully saturated rings. The third kappa shape index (κ3) is 2.31. The molecule has 4 nitrogen and oxygen atoms in total. The first-order chi connectivity index (χ1) is 7.16. The van der Waals surface area contributed by atoms with Crippen molar-refractivity contribution in [3.63, 3.8) is 0 Å². The Kier molecular flexibility index (Phi) is 2.95. The summed E-state index contributed by atoms with van der Waals surface area (Å²) in [6, 6.07) is 2.03. The molecule has 2 atom stereocenters. The second-order valence-electron chi connectivity index (χ2n) is 3.92. The van der Waals surface area contributed by atoms with E-state index in [0.717, 1.165) is 6.54 Å². The van der Waals surface area contributed by atoms with E-state index < -0.39 is 0 Å². The summed E-state index contributed by atoms with van der Waals surface area (Å²) in [6.45, 7) is 3.40. The first kappa shape index (κ1) is 10.5. The smallest absolute Gasteiger partial charge is 0.224 e. The highest BCUT2D eigenvalue weighted by Crippen LogP contribution is 2.19. The van der Waals surface area contributed by atoms with Gasteiger partial charge in [-0.25, -0.2) is 0 Å². The Morgan fingerprint density at radius 3 is 3.07 bits per heavy atom. The van der Waals surface area contributed by atoms with Crippen molar-refractivity contribution in [2.75, 3.05) is 6.54 Å². The van der Waals surface area contributed by atoms with Gasteiger partial charge >= 0.3 is 0 Å². The molecule has 1 aromatic heterocycles. The number of hydrogen-bond acceptors (Lipinski definition) is 2. The monoisotopic (exact) mass is 227 g/mol. The summed E-state index contributed by atoms with van der Waals surface area (Å²) >= 11 is 5.94. The van der Waals surface area contributed by atoms with Crippen LogP contribution in [0, 0.1) is 0 Å². The van der Waals surface area contributed by atoms with E-state index in [9.17, 15) is 4.79 Å². The molecule has 5 heteroatoms. The van der Waals surface area contributed by atoms with Crippen molar-refractivity contribution < 1.29 is 4.79 Å². The maximum Gasteiger partial charge on any atom is 0.224 e. The molecule has 0 saturated carbocycles. The van der Waals surface area contributed by atoms with Gasteiger partial charge in [0.1, 0.15) is 0 Å². The molecule has 2 rings (SSSR count). The topological polar surface area (TPSA) is 38.1 Å². The van der Waals surface area contributed by atoms with Gasteiger partial charge in [0.05, 0.1) is 11.9 Å². The lowest BCUT2D eigenvalue weighted by Gasteiger charge is -2.24. The van der Waals surface area contributed by atoms with Crippen molar-refractivity contribution in [1.82, 2.24) is 14.7 Å². The Bertz CT molecular complexity index is 338. The molecule has 1 aliphatic rings. The number of rotatable bonds is 3. The highest BCUT2D eigenvalue weighted by Gasteiger charge is 2.31. The van der Waals surface area contributed by atoms with Crippen LogP contribution in [0.25, 0.3) is 0 Å². The number of carbonyl (C=O) groups excluding carboxylic acids is 1. The van der Waals surface area contributed by atoms with Gasteiger partial charge in [0.25, 0.3) is 0 Å². The molecule has 0 spiro atoms. The van der Waals surface area contributed by atoms with Crippen LogP contribution >= 0.6 is 11.6 Å². The fourth-order valence-corrected chi connectivity index (χ4v) is 2.17. The summed E-state index contributed by atoms with van der Waals surface area (Å²) in [4.78, 5) is 13.4. The quantitative estimate of drug-likeness (QED) is 0.726. The molecule has 15 heavy (non-hydrogen) atoms. The van der Waals surface area contributed by atoms with Gasteiger partial charge in [0, 0.05) is 31.4 Å². The number of amides is 1. The molecular weight excluding hydrogens is 214 g/mol. The normalized spacial score (nSPS) is 23.5. The largest absolute Gasteiger partial charge is 0.337 e. The average Bonchev–Trinajstić information content (AvgIpc) is 2.75. The number of likely N-dealkylation sites (tertiary alicyclic amines) is 1. The van der Waals surface area contributed by atoms with Crippen LogP contribution in [0.4, 0.5) is 0 Å². The Labute approximate surface area is 93.8 Å². The summed E-state index contributed by atoms with van der Waals surface area (Å²) in [7, 11) is 0. The SMILES string of the molecule is CC(Cn1cccn1)N1CC(Cl)CC1=O. The minimum Gasteiger partial charge on any atom is -0.337 e. The molecule has 0 N–H and O–H groups in total. The fraction of sp³-hybridized carbons (Fsp3) is 0.600. The number of nitrogens with zero attached hydrogens (tertiary/aromatic N) is 3. The second-order valence-corrected chi connectivity index (χ2v) is 4.54. The third-order valence-corrected chi connectivity index (χ3v) is 2.95. The first-order valence-electron chi connectivity index (χ1n) is 5.08. The summed E-state index contributed by atoms with van der Waals surface area (Å²) in [5, 5.41) is 4.09. The van der Waals surface area contributed by atoms with Crippen LogP contribution in [0.3, 0.4) is 0 Å². The summed E-state index contributed by atoms with van der Waals surface area (Å²) in [6.07, 6.45) is 4.10. The highest BCUT2D eigenvalue weighted by molar-refractivity contribution is 6.22. The van der Waals surface area contributed by atoms with Gasteiger partial charge in [-0.15, -0.1) is 11.6 Å². The van der Waals surface area contributed by atoms with E-state index in [2.05, 4.69) is 5.10 Å². The molecule has 1 amide bonds. The van der Waals surface area contributed by atoms with Crippen LogP contribution in [0.2, 0.25) is 0 Å². The van der Waals surface area contributed by atoms with Crippen LogP contribution < -0.4 is 0 Å². The maximum atomic E-state index is 11.6. The van der Waals surface area contributed by atoms with E-state index in [4.69, 9.17) is 11.6 Å². The van der Waals surface area contributed by atoms with Crippen molar-refractivity contribution in [2.45, 2.75) is 31.3 Å². The lowest BCUT2D eigenvalue weighted by molar-refractivity contribution is -0.129. The predicted molar refractivity (Wildman–Crippen MR) is 57.7 cm³/mol. The van der Waals surface area contributed by atoms with Gasteiger partial charge in [-0.1, -0.05) is 0 Å². The molecule has 1 aliphatic heterocycles. The molecule has 0 bridgehead atoms. The van der Waals surface area contributed by atoms with E-state index in [0.29, 0.717) is 13.0 Å². The Balaban J connectivity index is 1.96. The zero-order chi connectivity index (χ0) is 10.8. The van der Waals surface area contributed by atoms with E-state index in [1.807, 2.05) is 28.8 Å². The van der Waals surface area contributed by atoms with Crippen LogP contribution in [-0.2, 0) is 11.3 Å². The summed E-state index contributed by atoms with van der Waals surface area (Å²) in [5.74, 6) is 0.148. The van der Waals surface area contributed by atoms with Gasteiger partial charge in [0.15, 0.2) is 0 Å². The zero-order valence-corrected chi connectivity index (χ0v) is 9.39. The van der Waals surface area contributed by atoms with Gasteiger partial charge < -0.3 is 4.90 Å². The van der Waals surface area contributed by atoms with Crippen LogP contribution in [-0.4, -0.2) is 38.6 Å². The maximum absolute atomic E-state index is 11.6. The van der Waals surface area contributed by atoms with Crippen LogP contribution in [0.1, 0.15) is 13.3 Å². The molecule has 2 heterocycles. The summed E-state index contributed by atoms with van der Waals surface area (Å²) in [5.41, 5.74) is 0. The standard InChI is InChI=1S/C10H14ClN3O/c1-8(6-13-4-2-3-12-13)14-7-9(11)5-10(14)15/h2-4,8-9H,5-7H2,1H3. The number of carbonyl (C=O) groups is 1. The third-order valence-electron chi connectivity index (χ3n) is 2.65. The minimum atomic E-state index is -0.0300. The van der Waals surface area contributed by atoms with Gasteiger partial charge in [-0.3, -0.25) is 9.48 Å². The Hall–Kier alpha value is -1.03. The molecule has 1 saturated heterocycles. The number of halogens is 1. The van der Waals surface area contributed by atoms with Crippen molar-refractivity contribution in [2.24, 2.45) is 0 Å². The van der Waals surface area contributed by atoms with Crippen molar-refractivity contribution in [1.29, 1.82) is 0 Å². The van der Waals surface area contributed by atoms with E-state index in [-0.39, 0.29) is 17.3 Å². The van der Waals surface area contributed by atoms with Crippen molar-refractivity contribution >= 4 is 17.5 Å². The second kappa shape index (κ2) is 4.23. The van der Waals surface area contributed by atoms with Crippen molar-refractivity contribution in [3.8, 4) is 0 Å². The fourth-order valence-electron chi connectivity index (χ4n) is 1.89. The van der Waals surface area contributed by atoms with Crippen LogP contribution in [0.15, 0.2) is 18.5 Å². The Morgan fingerprint density at radius 1 is 1.73 bits per heavy atom. The van der Waals surface area contributed by atoms with Gasteiger partial charge in [-0.05, 0) is 13.0 Å². The number of hydrogen-bond donors (Lipinski definition) is 0. The van der Waals surface area contributed by atoms with Gasteiger partial charge in [-0.2, -0.15) is 5.10 Å². The van der Waals surface area contributed by atoms with E-state index in [1.165, 1.54) is 0 Å². The highest BCUT2D eigenvalue weighted by atomic mass is 35.5. The first-order valence-corrected chi connectivity index (χ1v) is 5.51. The lowest BCUT2D eigenvalue weighted by Crippen LogP contribution is -2.37. The number of aromatic nitrogens is 2. The molecule has 0 aromatic carbocycles. The number of alkyl halides is 1. The van der Waals surface area contributed by atoms with Crippen molar-refractivity contribution in [3.05, 3.63) is 18.5 Å². The Morgan fingerprint density at radius 2 is 2.53 bits per heavy atom. The van der Waals surface area contributed by atoms with Crippen LogP contribution in [0.5, 0.6) is 0 Å². The molecular formula is C10H14ClN3O. The minimum absolute atomic E-state index is 0.0300. The zero-order valence-electron chi connectivity index (χ0n) is 8.64. The van der Waals surface area contributed by atoms with E-state index >= 15 is 0 Å². The van der Waals surface area contributed by atoms with E-state index in [1.54, 1.807) is 6.20 Å². The summed E-state index contributed by atoms with van der Waals surface area (Å²) < 4.78 is 1.83.